The maximum absolute atomic E-state index is 13.4. The second-order valence-corrected chi connectivity index (χ2v) is 11.8. The molecule has 10 nitrogen and oxygen atoms in total. The first kappa shape index (κ1) is 31.6. The van der Waals surface area contributed by atoms with Crippen LogP contribution in [-0.2, 0) is 6.18 Å². The highest BCUT2D eigenvalue weighted by atomic mass is 32.1. The first-order chi connectivity index (χ1) is 20.1. The Balaban J connectivity index is 1.95. The van der Waals surface area contributed by atoms with Gasteiger partial charge in [-0.3, -0.25) is 10.1 Å². The fraction of sp³-hybridized carbons (Fsp3) is 0.345. The van der Waals surface area contributed by atoms with Crippen molar-refractivity contribution in [2.75, 3.05) is 18.5 Å². The number of aliphatic hydroxyl groups excluding tert-OH is 1. The molecule has 43 heavy (non-hydrogen) atoms. The monoisotopic (exact) mass is 617 g/mol. The van der Waals surface area contributed by atoms with Crippen LogP contribution < -0.4 is 16.1 Å². The molecule has 4 N–H and O–H groups in total. The Morgan fingerprint density at radius 2 is 1.86 bits per heavy atom. The molecule has 4 rings (SSSR count). The van der Waals surface area contributed by atoms with Gasteiger partial charge in [-0.25, -0.2) is 19.6 Å². The van der Waals surface area contributed by atoms with Crippen molar-refractivity contribution < 1.29 is 33.0 Å². The van der Waals surface area contributed by atoms with E-state index < -0.39 is 46.3 Å². The number of aliphatic hydroxyl groups is 1. The van der Waals surface area contributed by atoms with Crippen LogP contribution in [0.15, 0.2) is 46.8 Å². The lowest BCUT2D eigenvalue weighted by molar-refractivity contribution is -0.140. The topological polar surface area (TPSA) is 146 Å². The molecule has 14 heteroatoms. The third kappa shape index (κ3) is 6.70. The summed E-state index contributed by atoms with van der Waals surface area (Å²) in [6.07, 6.45) is -1.44. The number of thiazole rings is 1. The van der Waals surface area contributed by atoms with Crippen LogP contribution in [0.5, 0.6) is 0 Å². The predicted molar refractivity (Wildman–Crippen MR) is 157 cm³/mol. The minimum atomic E-state index is -4.68. The van der Waals surface area contributed by atoms with Crippen LogP contribution in [-0.4, -0.2) is 49.9 Å². The lowest BCUT2D eigenvalue weighted by Gasteiger charge is -2.32. The largest absolute Gasteiger partial charge is 0.477 e. The summed E-state index contributed by atoms with van der Waals surface area (Å²) in [5, 5.41) is 26.1. The second kappa shape index (κ2) is 12.1. The van der Waals surface area contributed by atoms with Gasteiger partial charge in [-0.1, -0.05) is 33.8 Å². The van der Waals surface area contributed by atoms with Crippen molar-refractivity contribution in [2.45, 2.75) is 46.3 Å². The van der Waals surface area contributed by atoms with E-state index in [9.17, 15) is 37.8 Å². The zero-order valence-electron chi connectivity index (χ0n) is 23.7. The van der Waals surface area contributed by atoms with Crippen molar-refractivity contribution in [2.24, 2.45) is 5.41 Å². The van der Waals surface area contributed by atoms with Crippen molar-refractivity contribution in [3.8, 4) is 21.7 Å². The molecule has 1 aromatic carbocycles. The number of urea groups is 1. The number of hydrogen-bond donors (Lipinski definition) is 4. The van der Waals surface area contributed by atoms with Crippen molar-refractivity contribution >= 4 is 40.1 Å². The number of carboxylic acids is 1. The lowest BCUT2D eigenvalue weighted by Crippen LogP contribution is -2.30. The number of fused-ring (bicyclic) bond motifs is 1. The third-order valence-electron chi connectivity index (χ3n) is 6.79. The molecule has 3 aromatic heterocycles. The molecule has 0 spiro atoms. The number of nitrogens with one attached hydrogen (secondary N) is 2. The number of benzene rings is 1. The van der Waals surface area contributed by atoms with Crippen LogP contribution in [0, 0.1) is 5.41 Å². The van der Waals surface area contributed by atoms with Gasteiger partial charge in [0.25, 0.3) is 0 Å². The Bertz CT molecular complexity index is 1740. The second-order valence-electron chi connectivity index (χ2n) is 10.9. The van der Waals surface area contributed by atoms with Gasteiger partial charge in [0.05, 0.1) is 18.2 Å². The van der Waals surface area contributed by atoms with Gasteiger partial charge >= 0.3 is 18.2 Å². The van der Waals surface area contributed by atoms with Crippen LogP contribution in [0.3, 0.4) is 0 Å². The predicted octanol–water partition coefficient (Wildman–Crippen LogP) is 6.02. The summed E-state index contributed by atoms with van der Waals surface area (Å²) < 4.78 is 41.8. The molecule has 0 saturated heterocycles. The number of nitrogens with zero attached hydrogens (tertiary/aromatic N) is 3. The average molecular weight is 618 g/mol. The highest BCUT2D eigenvalue weighted by molar-refractivity contribution is 7.13. The summed E-state index contributed by atoms with van der Waals surface area (Å²) >= 11 is 0.746. The van der Waals surface area contributed by atoms with Crippen LogP contribution in [0.25, 0.3) is 32.6 Å². The number of carbonyl (C=O) groups excluding carboxylic acids is 1. The summed E-state index contributed by atoms with van der Waals surface area (Å²) in [7, 11) is 0. The molecular weight excluding hydrogens is 587 g/mol. The number of alkyl halides is 3. The fourth-order valence-corrected chi connectivity index (χ4v) is 5.43. The number of rotatable bonds is 8. The normalized spacial score (nSPS) is 12.7. The van der Waals surface area contributed by atoms with E-state index in [1.165, 1.54) is 24.5 Å². The van der Waals surface area contributed by atoms with E-state index in [-0.39, 0.29) is 28.4 Å². The minimum absolute atomic E-state index is 0.00777. The van der Waals surface area contributed by atoms with Crippen molar-refractivity contribution in [3.05, 3.63) is 63.5 Å². The first-order valence-electron chi connectivity index (χ1n) is 13.3. The summed E-state index contributed by atoms with van der Waals surface area (Å²) in [6, 6.07) is 4.90. The van der Waals surface area contributed by atoms with Gasteiger partial charge in [-0.05, 0) is 35.6 Å². The van der Waals surface area contributed by atoms with Gasteiger partial charge in [0.15, 0.2) is 5.69 Å². The number of halogens is 3. The molecular formula is C29H30F3N5O5S. The van der Waals surface area contributed by atoms with Crippen molar-refractivity contribution in [3.63, 3.8) is 0 Å². The Morgan fingerprint density at radius 1 is 1.14 bits per heavy atom. The Morgan fingerprint density at radius 3 is 2.44 bits per heavy atom. The van der Waals surface area contributed by atoms with Gasteiger partial charge < -0.3 is 20.1 Å². The molecule has 2 amide bonds. The van der Waals surface area contributed by atoms with Gasteiger partial charge in [-0.2, -0.15) is 13.2 Å². The lowest BCUT2D eigenvalue weighted by atomic mass is 9.86. The average Bonchev–Trinajstić information content (AvgIpc) is 3.44. The third-order valence-corrected chi connectivity index (χ3v) is 7.66. The summed E-state index contributed by atoms with van der Waals surface area (Å²) in [5.41, 5.74) is -1.65. The van der Waals surface area contributed by atoms with E-state index >= 15 is 0 Å². The number of aromatic nitrogens is 3. The molecule has 3 heterocycles. The van der Waals surface area contributed by atoms with E-state index in [4.69, 9.17) is 0 Å². The van der Waals surface area contributed by atoms with Crippen molar-refractivity contribution in [1.82, 2.24) is 19.9 Å². The van der Waals surface area contributed by atoms with Crippen LogP contribution in [0.2, 0.25) is 0 Å². The maximum atomic E-state index is 13.4. The summed E-state index contributed by atoms with van der Waals surface area (Å²) in [6.45, 7) is 7.54. The number of hydrogen-bond acceptors (Lipinski definition) is 7. The van der Waals surface area contributed by atoms with E-state index in [1.807, 2.05) is 27.7 Å². The molecule has 4 aromatic rings. The smallest absolute Gasteiger partial charge is 0.434 e. The highest BCUT2D eigenvalue weighted by Crippen LogP contribution is 2.39. The van der Waals surface area contributed by atoms with E-state index in [0.29, 0.717) is 29.6 Å². The zero-order chi connectivity index (χ0) is 31.7. The highest BCUT2D eigenvalue weighted by Gasteiger charge is 2.34. The molecule has 0 saturated carbocycles. The van der Waals surface area contributed by atoms with E-state index in [2.05, 4.69) is 20.6 Å². The number of amides is 2. The van der Waals surface area contributed by atoms with Crippen LogP contribution in [0.1, 0.15) is 56.2 Å². The van der Waals surface area contributed by atoms with E-state index in [0.717, 1.165) is 16.7 Å². The van der Waals surface area contributed by atoms with Crippen molar-refractivity contribution in [1.29, 1.82) is 0 Å². The number of pyridine rings is 2. The Hall–Kier alpha value is -4.30. The summed E-state index contributed by atoms with van der Waals surface area (Å²) in [4.78, 5) is 45.6. The van der Waals surface area contributed by atoms with E-state index in [1.54, 1.807) is 16.7 Å². The number of aromatic carboxylic acids is 1. The molecule has 0 bridgehead atoms. The standard InChI is InChI=1S/C29H30F3N5O5S/c1-5-8-33-27(42)36-23-10-16(25-35-21(14-43-25)29(30,31)32)18(11-34-23)15-6-7-20-17(9-15)24(39)19(26(40)41)12-37(20)22(13-38)28(2,3)4/h6-7,9-12,14,22,38H,5,8,13H2,1-4H3,(H,40,41)(H2,33,34,36,42). The minimum Gasteiger partial charge on any atom is -0.477 e. The molecule has 0 radical (unpaired) electrons. The molecule has 228 valence electrons. The van der Waals surface area contributed by atoms with Gasteiger partial charge in [-0.15, -0.1) is 11.3 Å². The fourth-order valence-electron chi connectivity index (χ4n) is 4.57. The molecule has 0 fully saturated rings. The molecule has 0 aliphatic rings. The Labute approximate surface area is 248 Å². The maximum Gasteiger partial charge on any atom is 0.434 e. The van der Waals surface area contributed by atoms with Gasteiger partial charge in [0.1, 0.15) is 16.4 Å². The van der Waals surface area contributed by atoms with Gasteiger partial charge in [0.2, 0.25) is 5.43 Å². The van der Waals surface area contributed by atoms with Gasteiger partial charge in [0, 0.05) is 40.8 Å². The number of carbonyl (C=O) groups is 2. The molecule has 1 unspecified atom stereocenters. The van der Waals surface area contributed by atoms with Crippen LogP contribution >= 0.6 is 11.3 Å². The Kier molecular flexibility index (Phi) is 8.92. The first-order valence-corrected chi connectivity index (χ1v) is 14.1. The molecule has 0 aliphatic heterocycles. The number of carboxylic acid groups (broad SMARTS) is 1. The SMILES string of the molecule is CCCNC(=O)Nc1cc(-c2nc(C(F)(F)F)cs2)c(-c2ccc3c(c2)c(=O)c(C(=O)O)cn3C(CO)C(C)(C)C)cn1. The molecule has 0 aliphatic carbocycles. The van der Waals surface area contributed by atoms with Crippen LogP contribution in [0.4, 0.5) is 23.8 Å². The number of anilines is 1. The zero-order valence-corrected chi connectivity index (χ0v) is 24.6. The summed E-state index contributed by atoms with van der Waals surface area (Å²) in [5.74, 6) is -1.39. The molecule has 1 atom stereocenters. The quantitative estimate of drug-likeness (QED) is 0.189.